The first-order valence-corrected chi connectivity index (χ1v) is 31.4. The lowest BCUT2D eigenvalue weighted by Crippen LogP contribution is -2.62. The summed E-state index contributed by atoms with van der Waals surface area (Å²) in [6.07, 6.45) is 7.67. The molecule has 2 N–H and O–H groups in total. The zero-order valence-corrected chi connectivity index (χ0v) is 52.0. The third kappa shape index (κ3) is 13.2. The molecule has 454 valence electrons. The molecule has 18 nitrogen and oxygen atoms in total. The van der Waals surface area contributed by atoms with E-state index in [4.69, 9.17) is 19.2 Å². The van der Waals surface area contributed by atoms with E-state index in [1.807, 2.05) is 62.4 Å². The molecule has 2 saturated carbocycles. The average Bonchev–Trinajstić information content (AvgIpc) is 1.62. The van der Waals surface area contributed by atoms with Crippen LogP contribution in [0.4, 0.5) is 0 Å². The molecule has 5 aromatic rings. The largest absolute Gasteiger partial charge is 0.464 e. The number of likely N-dealkylation sites (N-methyl/N-ethyl adjacent to an activating group) is 2. The molecule has 3 aliphatic heterocycles. The Hall–Kier alpha value is -6.80. The van der Waals surface area contributed by atoms with E-state index in [0.717, 1.165) is 70.2 Å². The summed E-state index contributed by atoms with van der Waals surface area (Å²) in [5.74, 6) is -2.52. The molecule has 4 fully saturated rings. The van der Waals surface area contributed by atoms with E-state index in [9.17, 15) is 23.4 Å². The molecular formula is C66H84N8O10S. The van der Waals surface area contributed by atoms with Gasteiger partial charge in [-0.1, -0.05) is 56.5 Å². The molecular weight excluding hydrogens is 1100 g/mol. The Balaban J connectivity index is 1.01. The highest BCUT2D eigenvalue weighted by Crippen LogP contribution is 2.49. The Bertz CT molecular complexity index is 3400. The van der Waals surface area contributed by atoms with Crippen molar-refractivity contribution in [3.05, 3.63) is 101 Å². The summed E-state index contributed by atoms with van der Waals surface area (Å²) in [5, 5.41) is 5.49. The fourth-order valence-corrected chi connectivity index (χ4v) is 14.2. The summed E-state index contributed by atoms with van der Waals surface area (Å²) < 4.78 is 36.2. The number of esters is 2. The minimum Gasteiger partial charge on any atom is -0.464 e. The van der Waals surface area contributed by atoms with Gasteiger partial charge in [-0.2, -0.15) is 0 Å². The fourth-order valence-electron chi connectivity index (χ4n) is 12.8. The van der Waals surface area contributed by atoms with Crippen LogP contribution in [0.25, 0.3) is 33.3 Å². The van der Waals surface area contributed by atoms with E-state index in [-0.39, 0.29) is 61.8 Å². The zero-order chi connectivity index (χ0) is 60.8. The van der Waals surface area contributed by atoms with Crippen LogP contribution in [-0.4, -0.2) is 140 Å². The second-order valence-corrected chi connectivity index (χ2v) is 27.4. The van der Waals surface area contributed by atoms with E-state index in [1.165, 1.54) is 14.8 Å². The van der Waals surface area contributed by atoms with Crippen LogP contribution in [0.3, 0.4) is 0 Å². The van der Waals surface area contributed by atoms with Crippen molar-refractivity contribution in [2.75, 3.05) is 40.9 Å². The normalized spacial score (nSPS) is 22.9. The number of amides is 4. The highest BCUT2D eigenvalue weighted by Gasteiger charge is 2.62. The average molecular weight is 1180 g/mol. The summed E-state index contributed by atoms with van der Waals surface area (Å²) in [5.41, 5.74) is 9.55. The maximum Gasteiger partial charge on any atom is 0.324 e. The first-order chi connectivity index (χ1) is 40.5. The summed E-state index contributed by atoms with van der Waals surface area (Å²) in [6, 6.07) is 19.3. The zero-order valence-electron chi connectivity index (χ0n) is 51.2. The van der Waals surface area contributed by atoms with Crippen molar-refractivity contribution in [2.24, 2.45) is 22.7 Å². The monoisotopic (exact) mass is 1180 g/mol. The lowest BCUT2D eigenvalue weighted by atomic mass is 9.84. The number of ether oxygens (including phenoxy) is 3. The summed E-state index contributed by atoms with van der Waals surface area (Å²) in [4.78, 5) is 95.8. The van der Waals surface area contributed by atoms with Gasteiger partial charge in [-0.05, 0) is 169 Å². The van der Waals surface area contributed by atoms with Gasteiger partial charge in [0.25, 0.3) is 5.91 Å². The Kier molecular flexibility index (Phi) is 17.9. The number of methoxy groups -OCH3 is 1. The summed E-state index contributed by atoms with van der Waals surface area (Å²) in [6.45, 7) is 16.2. The van der Waals surface area contributed by atoms with Crippen LogP contribution in [0, 0.1) is 29.6 Å². The van der Waals surface area contributed by atoms with Crippen LogP contribution in [0.5, 0.6) is 5.75 Å². The number of benzene rings is 3. The van der Waals surface area contributed by atoms with E-state index >= 15 is 9.59 Å². The first kappa shape index (κ1) is 61.3. The third-order valence-electron chi connectivity index (χ3n) is 17.7. The van der Waals surface area contributed by atoms with Crippen LogP contribution < -0.4 is 15.5 Å². The van der Waals surface area contributed by atoms with Crippen molar-refractivity contribution < 1.29 is 47.2 Å². The smallest absolute Gasteiger partial charge is 0.324 e. The quantitative estimate of drug-likeness (QED) is 0.0575. The number of nitrogens with one attached hydrogen (secondary N) is 2. The van der Waals surface area contributed by atoms with Gasteiger partial charge in [0.1, 0.15) is 40.9 Å². The predicted octanol–water partition coefficient (Wildman–Crippen LogP) is 8.67. The van der Waals surface area contributed by atoms with Gasteiger partial charge in [0.15, 0.2) is 0 Å². The van der Waals surface area contributed by atoms with Crippen LogP contribution >= 0.6 is 0 Å². The number of hydrazine groups is 1. The molecule has 3 aromatic carbocycles. The van der Waals surface area contributed by atoms with Gasteiger partial charge in [-0.25, -0.2) is 13.9 Å². The highest BCUT2D eigenvalue weighted by molar-refractivity contribution is 7.83. The Morgan fingerprint density at radius 1 is 0.941 bits per heavy atom. The number of nitrogens with zero attached hydrogens (tertiary/aromatic N) is 6. The van der Waals surface area contributed by atoms with Crippen LogP contribution in [-0.2, 0) is 68.6 Å². The van der Waals surface area contributed by atoms with Gasteiger partial charge in [0.05, 0.1) is 47.0 Å². The van der Waals surface area contributed by atoms with E-state index in [1.54, 1.807) is 58.5 Å². The second-order valence-electron chi connectivity index (χ2n) is 26.0. The predicted molar refractivity (Wildman–Crippen MR) is 325 cm³/mol. The minimum atomic E-state index is -1.56. The molecule has 10 rings (SSSR count). The van der Waals surface area contributed by atoms with Gasteiger partial charge in [0, 0.05) is 68.8 Å². The van der Waals surface area contributed by atoms with Gasteiger partial charge in [0.2, 0.25) is 17.7 Å². The summed E-state index contributed by atoms with van der Waals surface area (Å²) in [7, 11) is 3.26. The Labute approximate surface area is 502 Å². The van der Waals surface area contributed by atoms with Crippen molar-refractivity contribution in [1.82, 2.24) is 39.4 Å². The first-order valence-electron chi connectivity index (χ1n) is 30.3. The molecule has 8 atom stereocenters. The molecule has 6 bridgehead atoms. The number of pyridine rings is 1. The number of hydrogen-bond donors (Lipinski definition) is 2. The van der Waals surface area contributed by atoms with Gasteiger partial charge in [-0.3, -0.25) is 38.8 Å². The molecule has 85 heavy (non-hydrogen) atoms. The number of carbonyl (C=O) groups is 6. The maximum atomic E-state index is 15.4. The molecule has 19 heteroatoms. The third-order valence-corrected chi connectivity index (χ3v) is 19.3. The van der Waals surface area contributed by atoms with Crippen molar-refractivity contribution in [3.63, 3.8) is 0 Å². The number of rotatable bonds is 15. The van der Waals surface area contributed by atoms with E-state index in [2.05, 4.69) is 54.3 Å². The van der Waals surface area contributed by atoms with Gasteiger partial charge >= 0.3 is 11.9 Å². The number of carbonyl (C=O) groups excluding carboxylic acids is 6. The van der Waals surface area contributed by atoms with Crippen LogP contribution in [0.15, 0.2) is 83.9 Å². The van der Waals surface area contributed by atoms with Crippen LogP contribution in [0.1, 0.15) is 128 Å². The molecule has 0 spiro atoms. The molecule has 2 aromatic heterocycles. The number of fused-ring (bicyclic) bond motifs is 6. The highest BCUT2D eigenvalue weighted by atomic mass is 32.2. The maximum absolute atomic E-state index is 15.4. The number of aromatic nitrogens is 2. The molecule has 2 unspecified atom stereocenters. The lowest BCUT2D eigenvalue weighted by Gasteiger charge is -2.37. The van der Waals surface area contributed by atoms with Gasteiger partial charge in [-0.15, -0.1) is 0 Å². The van der Waals surface area contributed by atoms with Crippen molar-refractivity contribution in [2.45, 2.75) is 167 Å². The lowest BCUT2D eigenvalue weighted by molar-refractivity contribution is -0.155. The van der Waals surface area contributed by atoms with E-state index < -0.39 is 75.6 Å². The van der Waals surface area contributed by atoms with Crippen molar-refractivity contribution in [3.8, 4) is 28.1 Å². The number of aryl methyl sites for hydroxylation is 2. The summed E-state index contributed by atoms with van der Waals surface area (Å²) >= 11 is 0. The molecule has 5 heterocycles. The van der Waals surface area contributed by atoms with Crippen LogP contribution in [0.2, 0.25) is 0 Å². The SMILES string of the molecule is CCn1c(-c2cccnc2[C@H](C)OC)c2c3cc(ccc31)-c1cc(cc(OC(=O)C(C)(C)C)c1)C[C@H](NC(=O)[C@H](C1CCCC1)N(C)C(=O)CN(C)C(=O)[C@H]1C(C3CC3)N1[S@](=O)c1ccc(C)cc1)C(=O)N1CCC[C@H](N1)C(=O)OCC(C)(C)C2. The molecule has 2 aliphatic carbocycles. The second kappa shape index (κ2) is 24.9. The molecule has 0 radical (unpaired) electrons. The Morgan fingerprint density at radius 2 is 1.67 bits per heavy atom. The van der Waals surface area contributed by atoms with Crippen molar-refractivity contribution >= 4 is 57.5 Å². The molecule has 4 amide bonds. The number of hydrogen-bond acceptors (Lipinski definition) is 12. The van der Waals surface area contributed by atoms with Gasteiger partial charge < -0.3 is 33.9 Å². The standard InChI is InChI=1S/C66H84N8O10S/c1-12-72-53-28-25-44-35-49(53)50(58(72)48-19-15-29-67-55(48)40(3)82-11)36-66(7,8)38-83-63(79)51-20-16-30-73(69-51)61(77)52(33-41-31-45(44)34-46(32-41)84-64(80)65(4,5)6)68-60(76)57(42-17-13-14-18-42)71(10)54(75)37-70(9)62(78)59-56(43-23-24-43)74(59)85(81)47-26-21-39(2)22-27-47/h15,19,21-22,25-29,31-32,34-35,40,42-43,51-52,56-57,59,69H,12-14,16-18,20,23-24,30,33,36-38H2,1-11H3,(H,68,76)/t40-,51-,52-,56?,57-,59+,74?,85+/m0/s1. The topological polar surface area (TPSA) is 202 Å². The van der Waals surface area contributed by atoms with E-state index in [0.29, 0.717) is 54.7 Å². The number of cyclic esters (lactones) is 1. The molecule has 2 saturated heterocycles. The molecule has 5 aliphatic rings. The fraction of sp³-hybridized carbons (Fsp3) is 0.530. The van der Waals surface area contributed by atoms with Crippen molar-refractivity contribution in [1.29, 1.82) is 0 Å². The minimum absolute atomic E-state index is 0.0679. The Morgan fingerprint density at radius 3 is 2.35 bits per heavy atom.